The molecule has 1 N–H and O–H groups in total. The Morgan fingerprint density at radius 1 is 1.15 bits per heavy atom. The molecule has 1 spiro atoms. The smallest absolute Gasteiger partial charge is 0.244 e. The largest absolute Gasteiger partial charge is 0.325 e. The molecular formula is C17H30N2O. The van der Waals surface area contributed by atoms with Crippen molar-refractivity contribution in [2.24, 2.45) is 5.41 Å². The lowest BCUT2D eigenvalue weighted by atomic mass is 9.87. The van der Waals surface area contributed by atoms with Crippen LogP contribution in [0.1, 0.15) is 78.1 Å². The molecule has 3 nitrogen and oxygen atoms in total. The minimum atomic E-state index is -0.186. The number of hydrogen-bond donors (Lipinski definition) is 1. The molecule has 3 aliphatic rings. The summed E-state index contributed by atoms with van der Waals surface area (Å²) in [7, 11) is 0. The number of carbonyl (C=O) groups excluding carboxylic acids is 1. The van der Waals surface area contributed by atoms with Crippen molar-refractivity contribution in [2.45, 2.75) is 89.8 Å². The summed E-state index contributed by atoms with van der Waals surface area (Å²) in [5.74, 6) is 0.418. The molecule has 0 aromatic rings. The van der Waals surface area contributed by atoms with E-state index in [-0.39, 0.29) is 5.54 Å². The van der Waals surface area contributed by atoms with Crippen LogP contribution >= 0.6 is 0 Å². The maximum atomic E-state index is 13.0. The second kappa shape index (κ2) is 5.32. The summed E-state index contributed by atoms with van der Waals surface area (Å²) < 4.78 is 0. The van der Waals surface area contributed by atoms with Gasteiger partial charge < -0.3 is 4.90 Å². The zero-order valence-electron chi connectivity index (χ0n) is 13.2. The van der Waals surface area contributed by atoms with E-state index in [9.17, 15) is 4.79 Å². The van der Waals surface area contributed by atoms with Crippen molar-refractivity contribution in [1.82, 2.24) is 10.2 Å². The molecule has 114 valence electrons. The Balaban J connectivity index is 1.77. The SMILES string of the molecule is CCCC1NC2(CCCC2)C(=O)N1CC1(C)CCCC1. The Labute approximate surface area is 123 Å². The third kappa shape index (κ3) is 2.38. The highest BCUT2D eigenvalue weighted by Crippen LogP contribution is 2.42. The molecule has 0 bridgehead atoms. The van der Waals surface area contributed by atoms with Crippen LogP contribution in [0.2, 0.25) is 0 Å². The predicted molar refractivity (Wildman–Crippen MR) is 81.3 cm³/mol. The van der Waals surface area contributed by atoms with Crippen LogP contribution in [0.4, 0.5) is 0 Å². The van der Waals surface area contributed by atoms with E-state index in [1.54, 1.807) is 0 Å². The van der Waals surface area contributed by atoms with Gasteiger partial charge in [-0.1, -0.05) is 46.0 Å². The maximum absolute atomic E-state index is 13.0. The van der Waals surface area contributed by atoms with E-state index < -0.39 is 0 Å². The molecule has 0 aromatic heterocycles. The monoisotopic (exact) mass is 278 g/mol. The van der Waals surface area contributed by atoms with Crippen molar-refractivity contribution in [3.8, 4) is 0 Å². The molecule has 20 heavy (non-hydrogen) atoms. The molecule has 1 unspecified atom stereocenters. The quantitative estimate of drug-likeness (QED) is 0.854. The minimum Gasteiger partial charge on any atom is -0.325 e. The topological polar surface area (TPSA) is 32.3 Å². The number of carbonyl (C=O) groups is 1. The van der Waals surface area contributed by atoms with Gasteiger partial charge in [0.1, 0.15) is 0 Å². The van der Waals surface area contributed by atoms with E-state index in [0.717, 1.165) is 32.2 Å². The second-order valence-electron chi connectivity index (χ2n) is 7.69. The van der Waals surface area contributed by atoms with Gasteiger partial charge in [0, 0.05) is 6.54 Å². The van der Waals surface area contributed by atoms with E-state index in [0.29, 0.717) is 17.5 Å². The van der Waals surface area contributed by atoms with E-state index in [2.05, 4.69) is 24.1 Å². The predicted octanol–water partition coefficient (Wildman–Crippen LogP) is 3.44. The summed E-state index contributed by atoms with van der Waals surface area (Å²) in [5, 5.41) is 3.73. The molecule has 0 radical (unpaired) electrons. The molecule has 3 heteroatoms. The average Bonchev–Trinajstić information content (AvgIpc) is 3.10. The molecule has 0 aromatic carbocycles. The van der Waals surface area contributed by atoms with Crippen molar-refractivity contribution in [1.29, 1.82) is 0 Å². The van der Waals surface area contributed by atoms with Crippen LogP contribution in [-0.2, 0) is 4.79 Å². The first-order chi connectivity index (χ1) is 9.59. The van der Waals surface area contributed by atoms with Crippen LogP contribution in [-0.4, -0.2) is 29.1 Å². The van der Waals surface area contributed by atoms with Gasteiger partial charge in [-0.25, -0.2) is 0 Å². The summed E-state index contributed by atoms with van der Waals surface area (Å²) in [6, 6.07) is 0. The fourth-order valence-corrected chi connectivity index (χ4v) is 4.69. The van der Waals surface area contributed by atoms with Crippen molar-refractivity contribution in [2.75, 3.05) is 6.54 Å². The van der Waals surface area contributed by atoms with Gasteiger partial charge in [-0.3, -0.25) is 10.1 Å². The van der Waals surface area contributed by atoms with E-state index >= 15 is 0 Å². The lowest BCUT2D eigenvalue weighted by Gasteiger charge is -2.33. The van der Waals surface area contributed by atoms with Crippen LogP contribution in [0.15, 0.2) is 0 Å². The molecular weight excluding hydrogens is 248 g/mol. The highest BCUT2D eigenvalue weighted by atomic mass is 16.2. The Bertz CT molecular complexity index is 367. The van der Waals surface area contributed by atoms with Crippen molar-refractivity contribution >= 4 is 5.91 Å². The van der Waals surface area contributed by atoms with Gasteiger partial charge in [0.25, 0.3) is 0 Å². The molecule has 1 amide bonds. The number of rotatable bonds is 4. The van der Waals surface area contributed by atoms with Gasteiger partial charge in [-0.05, 0) is 37.5 Å². The van der Waals surface area contributed by atoms with E-state index in [1.165, 1.54) is 38.5 Å². The summed E-state index contributed by atoms with van der Waals surface area (Å²) >= 11 is 0. The van der Waals surface area contributed by atoms with Crippen molar-refractivity contribution in [3.05, 3.63) is 0 Å². The summed E-state index contributed by atoms with van der Waals surface area (Å²) in [5.41, 5.74) is 0.183. The lowest BCUT2D eigenvalue weighted by Crippen LogP contribution is -2.45. The Morgan fingerprint density at radius 3 is 2.35 bits per heavy atom. The first-order valence-corrected chi connectivity index (χ1v) is 8.67. The number of nitrogens with one attached hydrogen (secondary N) is 1. The van der Waals surface area contributed by atoms with Crippen LogP contribution in [0.5, 0.6) is 0 Å². The van der Waals surface area contributed by atoms with Gasteiger partial charge in [0.2, 0.25) is 5.91 Å². The third-order valence-corrected chi connectivity index (χ3v) is 5.87. The van der Waals surface area contributed by atoms with Crippen LogP contribution in [0.25, 0.3) is 0 Å². The molecule has 3 fully saturated rings. The highest BCUT2D eigenvalue weighted by Gasteiger charge is 2.53. The van der Waals surface area contributed by atoms with Gasteiger partial charge in [0.05, 0.1) is 11.7 Å². The Kier molecular flexibility index (Phi) is 3.83. The van der Waals surface area contributed by atoms with Gasteiger partial charge in [-0.2, -0.15) is 0 Å². The van der Waals surface area contributed by atoms with E-state index in [1.807, 2.05) is 0 Å². The zero-order valence-corrected chi connectivity index (χ0v) is 13.2. The highest BCUT2D eigenvalue weighted by molar-refractivity contribution is 5.89. The Morgan fingerprint density at radius 2 is 1.75 bits per heavy atom. The van der Waals surface area contributed by atoms with Gasteiger partial charge in [-0.15, -0.1) is 0 Å². The average molecular weight is 278 g/mol. The van der Waals surface area contributed by atoms with Crippen LogP contribution in [0.3, 0.4) is 0 Å². The van der Waals surface area contributed by atoms with E-state index in [4.69, 9.17) is 0 Å². The number of hydrogen-bond acceptors (Lipinski definition) is 2. The molecule has 2 aliphatic carbocycles. The summed E-state index contributed by atoms with van der Waals surface area (Å²) in [6.45, 7) is 5.59. The third-order valence-electron chi connectivity index (χ3n) is 5.87. The second-order valence-corrected chi connectivity index (χ2v) is 7.69. The van der Waals surface area contributed by atoms with Gasteiger partial charge >= 0.3 is 0 Å². The number of amides is 1. The minimum absolute atomic E-state index is 0.186. The van der Waals surface area contributed by atoms with Crippen molar-refractivity contribution in [3.63, 3.8) is 0 Å². The summed E-state index contributed by atoms with van der Waals surface area (Å²) in [6.07, 6.45) is 12.3. The molecule has 1 saturated heterocycles. The Hall–Kier alpha value is -0.570. The zero-order chi connectivity index (χ0) is 14.2. The molecule has 3 rings (SSSR count). The van der Waals surface area contributed by atoms with Crippen molar-refractivity contribution < 1.29 is 4.79 Å². The number of nitrogens with zero attached hydrogens (tertiary/aromatic N) is 1. The van der Waals surface area contributed by atoms with Gasteiger partial charge in [0.15, 0.2) is 0 Å². The molecule has 1 atom stereocenters. The molecule has 1 heterocycles. The standard InChI is InChI=1S/C17H30N2O/c1-3-8-14-18-17(11-6-7-12-17)15(20)19(14)13-16(2)9-4-5-10-16/h14,18H,3-13H2,1-2H3. The fourth-order valence-electron chi connectivity index (χ4n) is 4.69. The first kappa shape index (κ1) is 14.4. The fraction of sp³-hybridized carbons (Fsp3) is 0.941. The first-order valence-electron chi connectivity index (χ1n) is 8.67. The normalized spacial score (nSPS) is 31.6. The van der Waals surface area contributed by atoms with Crippen LogP contribution < -0.4 is 5.32 Å². The maximum Gasteiger partial charge on any atom is 0.244 e. The van der Waals surface area contributed by atoms with Crippen LogP contribution in [0, 0.1) is 5.41 Å². The molecule has 2 saturated carbocycles. The summed E-state index contributed by atoms with van der Waals surface area (Å²) in [4.78, 5) is 15.2. The lowest BCUT2D eigenvalue weighted by molar-refractivity contribution is -0.134. The molecule has 1 aliphatic heterocycles.